The molecule has 4 nitrogen and oxygen atoms in total. The average Bonchev–Trinajstić information content (AvgIpc) is 3.04. The molecule has 6 heteroatoms. The molecule has 114 valence electrons. The molecule has 0 radical (unpaired) electrons. The summed E-state index contributed by atoms with van der Waals surface area (Å²) in [6.07, 6.45) is -0.162. The van der Waals surface area contributed by atoms with Crippen molar-refractivity contribution in [3.8, 4) is 5.75 Å². The first-order chi connectivity index (χ1) is 10.5. The Kier molecular flexibility index (Phi) is 3.62. The van der Waals surface area contributed by atoms with Crippen LogP contribution in [-0.4, -0.2) is 20.7 Å². The highest BCUT2D eigenvalue weighted by Crippen LogP contribution is 2.32. The van der Waals surface area contributed by atoms with E-state index in [1.807, 2.05) is 29.0 Å². The first kappa shape index (κ1) is 14.6. The van der Waals surface area contributed by atoms with E-state index in [9.17, 15) is 14.3 Å². The fourth-order valence-electron chi connectivity index (χ4n) is 2.69. The number of fused-ring (bicyclic) bond motifs is 1. The molecule has 0 saturated heterocycles. The summed E-state index contributed by atoms with van der Waals surface area (Å²) in [5, 5.41) is 21.2. The van der Waals surface area contributed by atoms with Crippen LogP contribution in [0.1, 0.15) is 16.1 Å². The van der Waals surface area contributed by atoms with Crippen molar-refractivity contribution in [2.75, 3.05) is 0 Å². The van der Waals surface area contributed by atoms with Crippen LogP contribution in [0.5, 0.6) is 5.75 Å². The number of aliphatic carboxylic acids is 1. The predicted molar refractivity (Wildman–Crippen MR) is 83.1 cm³/mol. The third kappa shape index (κ3) is 2.46. The first-order valence-electron chi connectivity index (χ1n) is 6.71. The number of aromatic hydroxyl groups is 1. The number of halogens is 1. The van der Waals surface area contributed by atoms with Gasteiger partial charge in [0.2, 0.25) is 0 Å². The van der Waals surface area contributed by atoms with Gasteiger partial charge in [0.25, 0.3) is 0 Å². The van der Waals surface area contributed by atoms with Gasteiger partial charge < -0.3 is 14.8 Å². The molecule has 0 saturated carbocycles. The highest BCUT2D eigenvalue weighted by atomic mass is 32.1. The normalized spacial score (nSPS) is 11.2. The average molecular weight is 319 g/mol. The van der Waals surface area contributed by atoms with Crippen molar-refractivity contribution < 1.29 is 19.4 Å². The number of carbonyl (C=O) groups is 1. The minimum Gasteiger partial charge on any atom is -0.505 e. The van der Waals surface area contributed by atoms with Gasteiger partial charge in [-0.1, -0.05) is 6.07 Å². The van der Waals surface area contributed by atoms with Gasteiger partial charge in [0.1, 0.15) is 0 Å². The second kappa shape index (κ2) is 5.46. The van der Waals surface area contributed by atoms with Crippen LogP contribution in [0, 0.1) is 12.7 Å². The van der Waals surface area contributed by atoms with Crippen LogP contribution in [0.3, 0.4) is 0 Å². The molecule has 0 spiro atoms. The van der Waals surface area contributed by atoms with Gasteiger partial charge in [-0.05, 0) is 30.0 Å². The maximum atomic E-state index is 13.7. The largest absolute Gasteiger partial charge is 0.505 e. The quantitative estimate of drug-likeness (QED) is 0.773. The lowest BCUT2D eigenvalue weighted by molar-refractivity contribution is -0.136. The maximum Gasteiger partial charge on any atom is 0.307 e. The third-order valence-corrected chi connectivity index (χ3v) is 4.61. The third-order valence-electron chi connectivity index (χ3n) is 3.74. The van der Waals surface area contributed by atoms with E-state index < -0.39 is 17.5 Å². The van der Waals surface area contributed by atoms with Gasteiger partial charge in [-0.3, -0.25) is 4.79 Å². The van der Waals surface area contributed by atoms with E-state index in [4.69, 9.17) is 5.11 Å². The van der Waals surface area contributed by atoms with E-state index in [1.165, 1.54) is 12.1 Å². The molecule has 0 aliphatic rings. The summed E-state index contributed by atoms with van der Waals surface area (Å²) in [4.78, 5) is 12.2. The Morgan fingerprint density at radius 1 is 1.41 bits per heavy atom. The van der Waals surface area contributed by atoms with Crippen LogP contribution >= 0.6 is 11.3 Å². The second-order valence-corrected chi connectivity index (χ2v) is 6.15. The zero-order chi connectivity index (χ0) is 15.9. The van der Waals surface area contributed by atoms with Gasteiger partial charge in [-0.2, -0.15) is 0 Å². The molecule has 0 fully saturated rings. The van der Waals surface area contributed by atoms with Crippen LogP contribution < -0.4 is 0 Å². The molecule has 2 heterocycles. The lowest BCUT2D eigenvalue weighted by Gasteiger charge is -2.07. The molecule has 2 aromatic heterocycles. The summed E-state index contributed by atoms with van der Waals surface area (Å²) < 4.78 is 15.6. The number of rotatable bonds is 4. The number of benzene rings is 1. The van der Waals surface area contributed by atoms with E-state index in [-0.39, 0.29) is 6.42 Å². The van der Waals surface area contributed by atoms with Crippen LogP contribution in [-0.2, 0) is 17.8 Å². The second-order valence-electron chi connectivity index (χ2n) is 5.12. The Morgan fingerprint density at radius 2 is 2.18 bits per heavy atom. The summed E-state index contributed by atoms with van der Waals surface area (Å²) in [5.74, 6) is -2.13. The van der Waals surface area contributed by atoms with Crippen LogP contribution in [0.4, 0.5) is 4.39 Å². The van der Waals surface area contributed by atoms with Crippen molar-refractivity contribution >= 4 is 28.2 Å². The summed E-state index contributed by atoms with van der Waals surface area (Å²) >= 11 is 1.59. The van der Waals surface area contributed by atoms with Crippen molar-refractivity contribution in [3.05, 3.63) is 51.6 Å². The first-order valence-corrected chi connectivity index (χ1v) is 7.59. The predicted octanol–water partition coefficient (Wildman–Crippen LogP) is 3.53. The molecule has 3 aromatic rings. The fraction of sp³-hybridized carbons (Fsp3) is 0.188. The van der Waals surface area contributed by atoms with Gasteiger partial charge in [0.05, 0.1) is 18.5 Å². The molecule has 0 amide bonds. The van der Waals surface area contributed by atoms with Crippen molar-refractivity contribution in [2.24, 2.45) is 0 Å². The summed E-state index contributed by atoms with van der Waals surface area (Å²) in [6, 6.07) is 6.48. The summed E-state index contributed by atoms with van der Waals surface area (Å²) in [6.45, 7) is 2.37. The molecular formula is C16H14FNO3S. The van der Waals surface area contributed by atoms with E-state index in [2.05, 4.69) is 0 Å². The molecule has 0 bridgehead atoms. The van der Waals surface area contributed by atoms with Gasteiger partial charge in [0, 0.05) is 22.0 Å². The van der Waals surface area contributed by atoms with Crippen molar-refractivity contribution in [1.29, 1.82) is 0 Å². The number of phenols is 1. The van der Waals surface area contributed by atoms with Crippen molar-refractivity contribution in [2.45, 2.75) is 19.9 Å². The van der Waals surface area contributed by atoms with Crippen LogP contribution in [0.15, 0.2) is 29.6 Å². The number of aromatic nitrogens is 1. The number of hydrogen-bond acceptors (Lipinski definition) is 3. The Balaban J connectivity index is 2.23. The molecule has 22 heavy (non-hydrogen) atoms. The number of carboxylic acids is 1. The Hall–Kier alpha value is -2.34. The topological polar surface area (TPSA) is 62.5 Å². The van der Waals surface area contributed by atoms with Gasteiger partial charge >= 0.3 is 5.97 Å². The number of nitrogens with zero attached hydrogens (tertiary/aromatic N) is 1. The fourth-order valence-corrected chi connectivity index (χ4v) is 3.38. The highest BCUT2D eigenvalue weighted by molar-refractivity contribution is 7.09. The number of hydrogen-bond donors (Lipinski definition) is 2. The SMILES string of the molecule is Cc1c(CC(=O)O)c2cc(O)c(F)cc2n1Cc1cccs1. The van der Waals surface area contributed by atoms with Gasteiger partial charge in [0.15, 0.2) is 11.6 Å². The molecule has 2 N–H and O–H groups in total. The van der Waals surface area contributed by atoms with Crippen molar-refractivity contribution in [3.63, 3.8) is 0 Å². The van der Waals surface area contributed by atoms with Gasteiger partial charge in [-0.15, -0.1) is 11.3 Å². The standard InChI is InChI=1S/C16H14FNO3S/c1-9-11(6-16(20)21)12-5-15(19)13(17)7-14(12)18(9)8-10-3-2-4-22-10/h2-5,7,19H,6,8H2,1H3,(H,20,21). The van der Waals surface area contributed by atoms with Crippen LogP contribution in [0.25, 0.3) is 10.9 Å². The lowest BCUT2D eigenvalue weighted by Crippen LogP contribution is -2.04. The minimum atomic E-state index is -0.956. The lowest BCUT2D eigenvalue weighted by atomic mass is 10.1. The van der Waals surface area contributed by atoms with Crippen LogP contribution in [0.2, 0.25) is 0 Å². The molecule has 3 rings (SSSR count). The number of carboxylic acid groups (broad SMARTS) is 1. The highest BCUT2D eigenvalue weighted by Gasteiger charge is 2.19. The maximum absolute atomic E-state index is 13.7. The number of thiophene rings is 1. The Bertz CT molecular complexity index is 852. The Morgan fingerprint density at radius 3 is 2.82 bits per heavy atom. The summed E-state index contributed by atoms with van der Waals surface area (Å²) in [7, 11) is 0. The van der Waals surface area contributed by atoms with E-state index in [0.29, 0.717) is 23.0 Å². The zero-order valence-corrected chi connectivity index (χ0v) is 12.7. The zero-order valence-electron chi connectivity index (χ0n) is 11.8. The number of phenolic OH excluding ortho intramolecular Hbond substituents is 1. The summed E-state index contributed by atoms with van der Waals surface area (Å²) in [5.41, 5.74) is 1.97. The van der Waals surface area contributed by atoms with Gasteiger partial charge in [-0.25, -0.2) is 4.39 Å². The monoisotopic (exact) mass is 319 g/mol. The smallest absolute Gasteiger partial charge is 0.307 e. The molecule has 0 unspecified atom stereocenters. The molecule has 0 atom stereocenters. The van der Waals surface area contributed by atoms with E-state index in [1.54, 1.807) is 11.3 Å². The van der Waals surface area contributed by atoms with E-state index in [0.717, 1.165) is 10.6 Å². The minimum absolute atomic E-state index is 0.162. The molecule has 0 aliphatic carbocycles. The molecular weight excluding hydrogens is 305 g/mol. The van der Waals surface area contributed by atoms with E-state index >= 15 is 0 Å². The molecule has 1 aromatic carbocycles. The Labute approximate surface area is 130 Å². The van der Waals surface area contributed by atoms with Crippen molar-refractivity contribution in [1.82, 2.24) is 4.57 Å². The molecule has 0 aliphatic heterocycles.